The highest BCUT2D eigenvalue weighted by Crippen LogP contribution is 2.41. The Morgan fingerprint density at radius 3 is 2.05 bits per heavy atom. The van der Waals surface area contributed by atoms with E-state index < -0.39 is 0 Å². The molecule has 0 bridgehead atoms. The maximum atomic E-state index is 5.47. The SMILES string of the molecule is CCC(c1cc(OC)c(OC)c(OC)c1)N1CCNCC1. The van der Waals surface area contributed by atoms with Gasteiger partial charge < -0.3 is 19.5 Å². The van der Waals surface area contributed by atoms with Gasteiger partial charge in [-0.25, -0.2) is 0 Å². The zero-order chi connectivity index (χ0) is 15.2. The Morgan fingerprint density at radius 1 is 1.05 bits per heavy atom. The molecule has 1 aliphatic heterocycles. The molecule has 1 aromatic rings. The molecule has 1 unspecified atom stereocenters. The molecule has 5 heteroatoms. The number of hydrogen-bond donors (Lipinski definition) is 1. The summed E-state index contributed by atoms with van der Waals surface area (Å²) in [6.07, 6.45) is 1.05. The molecule has 1 atom stereocenters. The molecule has 0 radical (unpaired) electrons. The van der Waals surface area contributed by atoms with Crippen molar-refractivity contribution < 1.29 is 14.2 Å². The van der Waals surface area contributed by atoms with Crippen LogP contribution in [0.4, 0.5) is 0 Å². The number of rotatable bonds is 6. The quantitative estimate of drug-likeness (QED) is 0.870. The fourth-order valence-electron chi connectivity index (χ4n) is 2.99. The second kappa shape index (κ2) is 7.52. The van der Waals surface area contributed by atoms with E-state index >= 15 is 0 Å². The number of hydrogen-bond acceptors (Lipinski definition) is 5. The van der Waals surface area contributed by atoms with Gasteiger partial charge in [0, 0.05) is 32.2 Å². The summed E-state index contributed by atoms with van der Waals surface area (Å²) in [7, 11) is 4.95. The molecule has 1 fully saturated rings. The van der Waals surface area contributed by atoms with Crippen LogP contribution in [0.15, 0.2) is 12.1 Å². The van der Waals surface area contributed by atoms with Crippen molar-refractivity contribution in [1.82, 2.24) is 10.2 Å². The summed E-state index contributed by atoms with van der Waals surface area (Å²) in [4.78, 5) is 2.51. The maximum absolute atomic E-state index is 5.47. The van der Waals surface area contributed by atoms with E-state index in [0.717, 1.165) is 44.1 Å². The Hall–Kier alpha value is -1.46. The summed E-state index contributed by atoms with van der Waals surface area (Å²) in [6, 6.07) is 4.51. The number of methoxy groups -OCH3 is 3. The van der Waals surface area contributed by atoms with Crippen molar-refractivity contribution in [3.05, 3.63) is 17.7 Å². The smallest absolute Gasteiger partial charge is 0.203 e. The molecular weight excluding hydrogens is 268 g/mol. The monoisotopic (exact) mass is 294 g/mol. The molecule has 1 aromatic carbocycles. The lowest BCUT2D eigenvalue weighted by Crippen LogP contribution is -2.45. The van der Waals surface area contributed by atoms with Gasteiger partial charge in [-0.05, 0) is 24.1 Å². The highest BCUT2D eigenvalue weighted by atomic mass is 16.5. The fourth-order valence-corrected chi connectivity index (χ4v) is 2.99. The first-order valence-electron chi connectivity index (χ1n) is 7.49. The average Bonchev–Trinajstić information content (AvgIpc) is 2.55. The molecule has 1 heterocycles. The van der Waals surface area contributed by atoms with Gasteiger partial charge in [-0.15, -0.1) is 0 Å². The van der Waals surface area contributed by atoms with E-state index in [1.165, 1.54) is 5.56 Å². The van der Waals surface area contributed by atoms with Crippen LogP contribution in [0.1, 0.15) is 24.9 Å². The second-order valence-corrected chi connectivity index (χ2v) is 5.17. The predicted octanol–water partition coefficient (Wildman–Crippen LogP) is 2.07. The van der Waals surface area contributed by atoms with Crippen molar-refractivity contribution in [3.8, 4) is 17.2 Å². The summed E-state index contributed by atoms with van der Waals surface area (Å²) in [5, 5.41) is 3.40. The molecule has 1 N–H and O–H groups in total. The van der Waals surface area contributed by atoms with Crippen LogP contribution >= 0.6 is 0 Å². The van der Waals surface area contributed by atoms with E-state index in [9.17, 15) is 0 Å². The number of benzene rings is 1. The van der Waals surface area contributed by atoms with Crippen LogP contribution in [0.5, 0.6) is 17.2 Å². The molecule has 0 saturated carbocycles. The lowest BCUT2D eigenvalue weighted by molar-refractivity contribution is 0.168. The minimum absolute atomic E-state index is 0.376. The Kier molecular flexibility index (Phi) is 5.70. The molecule has 0 aliphatic carbocycles. The lowest BCUT2D eigenvalue weighted by atomic mass is 10.0. The molecule has 1 saturated heterocycles. The van der Waals surface area contributed by atoms with Crippen molar-refractivity contribution in [2.45, 2.75) is 19.4 Å². The summed E-state index contributed by atoms with van der Waals surface area (Å²) in [6.45, 7) is 6.43. The van der Waals surface area contributed by atoms with Gasteiger partial charge in [0.05, 0.1) is 21.3 Å². The molecule has 1 aliphatic rings. The zero-order valence-corrected chi connectivity index (χ0v) is 13.4. The van der Waals surface area contributed by atoms with Crippen molar-refractivity contribution in [2.24, 2.45) is 0 Å². The molecule has 0 amide bonds. The number of piperazine rings is 1. The highest BCUT2D eigenvalue weighted by molar-refractivity contribution is 5.54. The zero-order valence-electron chi connectivity index (χ0n) is 13.4. The van der Waals surface area contributed by atoms with Gasteiger partial charge in [-0.2, -0.15) is 0 Å². The van der Waals surface area contributed by atoms with Crippen LogP contribution < -0.4 is 19.5 Å². The number of ether oxygens (including phenoxy) is 3. The van der Waals surface area contributed by atoms with Gasteiger partial charge in [0.15, 0.2) is 11.5 Å². The molecular formula is C16H26N2O3. The van der Waals surface area contributed by atoms with Gasteiger partial charge >= 0.3 is 0 Å². The standard InChI is InChI=1S/C16H26N2O3/c1-5-13(18-8-6-17-7-9-18)12-10-14(19-2)16(21-4)15(11-12)20-3/h10-11,13,17H,5-9H2,1-4H3. The molecule has 21 heavy (non-hydrogen) atoms. The van der Waals surface area contributed by atoms with Gasteiger partial charge in [-0.1, -0.05) is 6.92 Å². The molecule has 5 nitrogen and oxygen atoms in total. The van der Waals surface area contributed by atoms with Crippen molar-refractivity contribution in [3.63, 3.8) is 0 Å². The maximum Gasteiger partial charge on any atom is 0.203 e. The Balaban J connectivity index is 2.36. The highest BCUT2D eigenvalue weighted by Gasteiger charge is 2.23. The van der Waals surface area contributed by atoms with Crippen molar-refractivity contribution >= 4 is 0 Å². The Labute approximate surface area is 127 Å². The largest absolute Gasteiger partial charge is 0.493 e. The topological polar surface area (TPSA) is 43.0 Å². The van der Waals surface area contributed by atoms with Crippen LogP contribution in [-0.4, -0.2) is 52.4 Å². The first-order valence-corrected chi connectivity index (χ1v) is 7.49. The fraction of sp³-hybridized carbons (Fsp3) is 0.625. The van der Waals surface area contributed by atoms with Gasteiger partial charge in [-0.3, -0.25) is 4.90 Å². The molecule has 118 valence electrons. The molecule has 0 aromatic heterocycles. The third-order valence-electron chi connectivity index (χ3n) is 4.05. The third kappa shape index (κ3) is 3.41. The van der Waals surface area contributed by atoms with E-state index in [-0.39, 0.29) is 0 Å². The van der Waals surface area contributed by atoms with E-state index in [1.807, 2.05) is 0 Å². The third-order valence-corrected chi connectivity index (χ3v) is 4.05. The lowest BCUT2D eigenvalue weighted by Gasteiger charge is -2.35. The van der Waals surface area contributed by atoms with E-state index in [2.05, 4.69) is 29.3 Å². The summed E-state index contributed by atoms with van der Waals surface area (Å²) in [5.74, 6) is 2.10. The van der Waals surface area contributed by atoms with E-state index in [4.69, 9.17) is 14.2 Å². The van der Waals surface area contributed by atoms with Gasteiger partial charge in [0.2, 0.25) is 5.75 Å². The Morgan fingerprint density at radius 2 is 1.62 bits per heavy atom. The molecule has 2 rings (SSSR count). The first-order chi connectivity index (χ1) is 10.2. The van der Waals surface area contributed by atoms with E-state index in [0.29, 0.717) is 11.8 Å². The van der Waals surface area contributed by atoms with Crippen molar-refractivity contribution in [2.75, 3.05) is 47.5 Å². The van der Waals surface area contributed by atoms with E-state index in [1.54, 1.807) is 21.3 Å². The first kappa shape index (κ1) is 15.9. The predicted molar refractivity (Wildman–Crippen MR) is 83.6 cm³/mol. The summed E-state index contributed by atoms with van der Waals surface area (Å²) < 4.78 is 16.3. The summed E-state index contributed by atoms with van der Waals surface area (Å²) >= 11 is 0. The summed E-state index contributed by atoms with van der Waals surface area (Å²) in [5.41, 5.74) is 1.22. The van der Waals surface area contributed by atoms with Crippen LogP contribution in [0.3, 0.4) is 0 Å². The second-order valence-electron chi connectivity index (χ2n) is 5.17. The van der Waals surface area contributed by atoms with Crippen LogP contribution in [-0.2, 0) is 0 Å². The number of nitrogens with one attached hydrogen (secondary N) is 1. The number of nitrogens with zero attached hydrogens (tertiary/aromatic N) is 1. The minimum atomic E-state index is 0.376. The van der Waals surface area contributed by atoms with Gasteiger partial charge in [0.1, 0.15) is 0 Å². The normalized spacial score (nSPS) is 17.3. The minimum Gasteiger partial charge on any atom is -0.493 e. The van der Waals surface area contributed by atoms with Crippen molar-refractivity contribution in [1.29, 1.82) is 0 Å². The van der Waals surface area contributed by atoms with Crippen LogP contribution in [0, 0.1) is 0 Å². The van der Waals surface area contributed by atoms with Crippen LogP contribution in [0.25, 0.3) is 0 Å². The van der Waals surface area contributed by atoms with Crippen LogP contribution in [0.2, 0.25) is 0 Å². The molecule has 0 spiro atoms. The van der Waals surface area contributed by atoms with Gasteiger partial charge in [0.25, 0.3) is 0 Å². The Bertz CT molecular complexity index is 434. The average molecular weight is 294 g/mol.